The number of nitrogens with zero attached hydrogens (tertiary/aromatic N) is 1. The number of rotatable bonds is 5. The molecule has 0 N–H and O–H groups in total. The summed E-state index contributed by atoms with van der Waals surface area (Å²) in [6.07, 6.45) is -0.815. The van der Waals surface area contributed by atoms with Crippen LogP contribution in [-0.2, 0) is 6.18 Å². The van der Waals surface area contributed by atoms with Crippen molar-refractivity contribution >= 4 is 5.78 Å². The molecule has 2 aromatic carbocycles. The zero-order valence-corrected chi connectivity index (χ0v) is 14.5. The monoisotopic (exact) mass is 361 g/mol. The van der Waals surface area contributed by atoms with E-state index < -0.39 is 11.7 Å². The van der Waals surface area contributed by atoms with Crippen LogP contribution >= 0.6 is 0 Å². The van der Waals surface area contributed by atoms with Gasteiger partial charge < -0.3 is 0 Å². The molecule has 5 heteroatoms. The standard InChI is InChI=1S/C21H22F3NO/c22-21(23,24)18-11-9-16(10-12-18)19(25-13-5-2-6-14-25)15-20(26)17-7-3-1-4-8-17/h1,3-4,7-12,19H,2,5-6,13-15H2. The van der Waals surface area contributed by atoms with E-state index in [0.29, 0.717) is 5.56 Å². The van der Waals surface area contributed by atoms with Crippen LogP contribution in [0.5, 0.6) is 0 Å². The number of Topliss-reactive ketones (excluding diaryl/α,β-unsaturated/α-hetero) is 1. The third-order valence-electron chi connectivity index (χ3n) is 4.93. The van der Waals surface area contributed by atoms with Gasteiger partial charge in [-0.3, -0.25) is 9.69 Å². The lowest BCUT2D eigenvalue weighted by Gasteiger charge is -2.34. The zero-order valence-electron chi connectivity index (χ0n) is 14.5. The van der Waals surface area contributed by atoms with E-state index in [0.717, 1.165) is 50.0 Å². The van der Waals surface area contributed by atoms with Crippen molar-refractivity contribution < 1.29 is 18.0 Å². The molecule has 0 radical (unpaired) electrons. The zero-order chi connectivity index (χ0) is 18.6. The lowest BCUT2D eigenvalue weighted by atomic mass is 9.94. The molecule has 0 amide bonds. The van der Waals surface area contributed by atoms with Crippen molar-refractivity contribution in [3.8, 4) is 0 Å². The summed E-state index contributed by atoms with van der Waals surface area (Å²) < 4.78 is 38.5. The van der Waals surface area contributed by atoms with Crippen LogP contribution in [0, 0.1) is 0 Å². The Morgan fingerprint density at radius 2 is 1.54 bits per heavy atom. The van der Waals surface area contributed by atoms with Crippen molar-refractivity contribution in [3.63, 3.8) is 0 Å². The van der Waals surface area contributed by atoms with Gasteiger partial charge in [-0.1, -0.05) is 48.9 Å². The Bertz CT molecular complexity index is 719. The van der Waals surface area contributed by atoms with E-state index in [1.807, 2.05) is 18.2 Å². The average molecular weight is 361 g/mol. The first-order valence-electron chi connectivity index (χ1n) is 8.94. The second-order valence-corrected chi connectivity index (χ2v) is 6.73. The number of ketones is 1. The largest absolute Gasteiger partial charge is 0.416 e. The van der Waals surface area contributed by atoms with Gasteiger partial charge in [-0.05, 0) is 43.6 Å². The van der Waals surface area contributed by atoms with Crippen LogP contribution < -0.4 is 0 Å². The summed E-state index contributed by atoms with van der Waals surface area (Å²) in [6.45, 7) is 1.74. The molecule has 3 rings (SSSR count). The van der Waals surface area contributed by atoms with Crippen LogP contribution in [-0.4, -0.2) is 23.8 Å². The number of piperidine rings is 1. The number of benzene rings is 2. The molecule has 0 aromatic heterocycles. The van der Waals surface area contributed by atoms with Crippen LogP contribution in [0.2, 0.25) is 0 Å². The molecule has 0 spiro atoms. The van der Waals surface area contributed by atoms with Gasteiger partial charge in [0.25, 0.3) is 0 Å². The smallest absolute Gasteiger partial charge is 0.296 e. The Hall–Kier alpha value is -2.14. The number of hydrogen-bond donors (Lipinski definition) is 0. The quantitative estimate of drug-likeness (QED) is 0.655. The molecule has 0 saturated carbocycles. The van der Waals surface area contributed by atoms with E-state index in [-0.39, 0.29) is 18.2 Å². The molecule has 138 valence electrons. The molecule has 1 aliphatic heterocycles. The van der Waals surface area contributed by atoms with E-state index in [2.05, 4.69) is 4.90 Å². The van der Waals surface area contributed by atoms with Crippen LogP contribution in [0.1, 0.15) is 53.2 Å². The summed E-state index contributed by atoms with van der Waals surface area (Å²) in [4.78, 5) is 14.9. The minimum atomic E-state index is -4.35. The van der Waals surface area contributed by atoms with E-state index >= 15 is 0 Å². The average Bonchev–Trinajstić information content (AvgIpc) is 2.67. The van der Waals surface area contributed by atoms with Crippen LogP contribution in [0.15, 0.2) is 54.6 Å². The third kappa shape index (κ3) is 4.52. The van der Waals surface area contributed by atoms with Gasteiger partial charge >= 0.3 is 6.18 Å². The highest BCUT2D eigenvalue weighted by Gasteiger charge is 2.31. The Kier molecular flexibility index (Phi) is 5.77. The highest BCUT2D eigenvalue weighted by molar-refractivity contribution is 5.96. The van der Waals surface area contributed by atoms with Crippen molar-refractivity contribution in [3.05, 3.63) is 71.3 Å². The Labute approximate surface area is 151 Å². The molecule has 1 aliphatic rings. The summed E-state index contributed by atoms with van der Waals surface area (Å²) in [6, 6.07) is 14.1. The summed E-state index contributed by atoms with van der Waals surface area (Å²) >= 11 is 0. The lowest BCUT2D eigenvalue weighted by molar-refractivity contribution is -0.137. The lowest BCUT2D eigenvalue weighted by Crippen LogP contribution is -2.35. The molecule has 2 nitrogen and oxygen atoms in total. The van der Waals surface area contributed by atoms with Crippen molar-refractivity contribution in [1.82, 2.24) is 4.90 Å². The molecule has 2 aromatic rings. The maximum absolute atomic E-state index is 12.8. The first-order chi connectivity index (χ1) is 12.4. The topological polar surface area (TPSA) is 20.3 Å². The fraction of sp³-hybridized carbons (Fsp3) is 0.381. The van der Waals surface area contributed by atoms with E-state index in [1.165, 1.54) is 12.1 Å². The SMILES string of the molecule is O=C(CC(c1ccc(C(F)(F)F)cc1)N1CCCCC1)c1ccccc1. The molecule has 1 unspecified atom stereocenters. The first-order valence-corrected chi connectivity index (χ1v) is 8.94. The maximum atomic E-state index is 12.8. The second kappa shape index (κ2) is 8.04. The number of hydrogen-bond acceptors (Lipinski definition) is 2. The molecule has 0 bridgehead atoms. The van der Waals surface area contributed by atoms with E-state index in [1.54, 1.807) is 12.1 Å². The van der Waals surface area contributed by atoms with Gasteiger partial charge in [0.05, 0.1) is 5.56 Å². The van der Waals surface area contributed by atoms with Crippen molar-refractivity contribution in [2.75, 3.05) is 13.1 Å². The first kappa shape index (κ1) is 18.6. The summed E-state index contributed by atoms with van der Waals surface area (Å²) in [7, 11) is 0. The fourth-order valence-corrected chi connectivity index (χ4v) is 3.50. The van der Waals surface area contributed by atoms with Crippen molar-refractivity contribution in [1.29, 1.82) is 0 Å². The minimum absolute atomic E-state index is 0.0149. The highest BCUT2D eigenvalue weighted by atomic mass is 19.4. The molecule has 0 aliphatic carbocycles. The molecule has 26 heavy (non-hydrogen) atoms. The number of halogens is 3. The number of carbonyl (C=O) groups is 1. The maximum Gasteiger partial charge on any atom is 0.416 e. The molecule has 1 saturated heterocycles. The van der Waals surface area contributed by atoms with Gasteiger partial charge in [0.15, 0.2) is 5.78 Å². The van der Waals surface area contributed by atoms with Crippen LogP contribution in [0.25, 0.3) is 0 Å². The van der Waals surface area contributed by atoms with Gasteiger partial charge in [0.2, 0.25) is 0 Å². The highest BCUT2D eigenvalue weighted by Crippen LogP contribution is 2.33. The third-order valence-corrected chi connectivity index (χ3v) is 4.93. The van der Waals surface area contributed by atoms with Gasteiger partial charge in [0, 0.05) is 18.0 Å². The van der Waals surface area contributed by atoms with Crippen molar-refractivity contribution in [2.45, 2.75) is 37.9 Å². The summed E-state index contributed by atoms with van der Waals surface area (Å²) in [5, 5.41) is 0. The molecule has 1 atom stereocenters. The molecular formula is C21H22F3NO. The number of alkyl halides is 3. The molecular weight excluding hydrogens is 339 g/mol. The minimum Gasteiger partial charge on any atom is -0.296 e. The Balaban J connectivity index is 1.84. The normalized spacial score (nSPS) is 17.0. The molecule has 1 heterocycles. The van der Waals surface area contributed by atoms with Gasteiger partial charge in [-0.15, -0.1) is 0 Å². The second-order valence-electron chi connectivity index (χ2n) is 6.73. The fourth-order valence-electron chi connectivity index (χ4n) is 3.50. The summed E-state index contributed by atoms with van der Waals surface area (Å²) in [5.74, 6) is 0.0149. The predicted octanol–water partition coefficient (Wildman–Crippen LogP) is 5.51. The van der Waals surface area contributed by atoms with Crippen LogP contribution in [0.3, 0.4) is 0 Å². The van der Waals surface area contributed by atoms with Gasteiger partial charge in [0.1, 0.15) is 0 Å². The number of carbonyl (C=O) groups excluding carboxylic acids is 1. The molecule has 1 fully saturated rings. The van der Waals surface area contributed by atoms with Crippen molar-refractivity contribution in [2.24, 2.45) is 0 Å². The summed E-state index contributed by atoms with van der Waals surface area (Å²) in [5.41, 5.74) is 0.749. The van der Waals surface area contributed by atoms with Gasteiger partial charge in [-0.25, -0.2) is 0 Å². The van der Waals surface area contributed by atoms with E-state index in [4.69, 9.17) is 0 Å². The predicted molar refractivity (Wildman–Crippen MR) is 95.0 cm³/mol. The Morgan fingerprint density at radius 3 is 2.12 bits per heavy atom. The Morgan fingerprint density at radius 1 is 0.923 bits per heavy atom. The number of likely N-dealkylation sites (tertiary alicyclic amines) is 1. The van der Waals surface area contributed by atoms with Crippen LogP contribution in [0.4, 0.5) is 13.2 Å². The van der Waals surface area contributed by atoms with E-state index in [9.17, 15) is 18.0 Å². The van der Waals surface area contributed by atoms with Gasteiger partial charge in [-0.2, -0.15) is 13.2 Å².